The Labute approximate surface area is 138 Å². The molecule has 138 valence electrons. The Morgan fingerprint density at radius 3 is 2.00 bits per heavy atom. The number of halogens is 3. The topological polar surface area (TPSA) is 80.7 Å². The number of hydrogen-bond donors (Lipinski definition) is 1. The van der Waals surface area contributed by atoms with E-state index in [2.05, 4.69) is 4.74 Å². The molecular weight excluding hydrogens is 349 g/mol. The van der Waals surface area contributed by atoms with Crippen molar-refractivity contribution >= 4 is 16.1 Å². The van der Waals surface area contributed by atoms with E-state index < -0.39 is 34.1 Å². The van der Waals surface area contributed by atoms with Crippen LogP contribution >= 0.6 is 0 Å². The molecule has 1 unspecified atom stereocenters. The third kappa shape index (κ3) is 4.04. The standard InChI is InChI=1S/C15H21F3O5S/c16-15(17,18)13(7-24(20,21)22)23-14(19)6-12-10-2-8-1-9(4-10)5-11(12)3-8/h8-13H,1-7H2,(H,20,21,22). The average molecular weight is 370 g/mol. The van der Waals surface area contributed by atoms with Crippen LogP contribution in [0, 0.1) is 29.6 Å². The minimum Gasteiger partial charge on any atom is -0.451 e. The van der Waals surface area contributed by atoms with E-state index in [1.165, 1.54) is 6.42 Å². The van der Waals surface area contributed by atoms with Crippen LogP contribution in [0.1, 0.15) is 38.5 Å². The lowest BCUT2D eigenvalue weighted by atomic mass is 9.51. The van der Waals surface area contributed by atoms with Crippen LogP contribution in [0.5, 0.6) is 0 Å². The van der Waals surface area contributed by atoms with E-state index in [1.54, 1.807) is 0 Å². The summed E-state index contributed by atoms with van der Waals surface area (Å²) in [5, 5.41) is 0. The fourth-order valence-electron chi connectivity index (χ4n) is 5.16. The van der Waals surface area contributed by atoms with Crippen molar-refractivity contribution < 1.29 is 35.7 Å². The first-order valence-electron chi connectivity index (χ1n) is 8.22. The molecule has 0 amide bonds. The lowest BCUT2D eigenvalue weighted by Gasteiger charge is -2.54. The van der Waals surface area contributed by atoms with Gasteiger partial charge in [0, 0.05) is 6.42 Å². The van der Waals surface area contributed by atoms with Crippen LogP contribution in [0.25, 0.3) is 0 Å². The van der Waals surface area contributed by atoms with Crippen molar-refractivity contribution in [3.63, 3.8) is 0 Å². The van der Waals surface area contributed by atoms with Gasteiger partial charge in [-0.2, -0.15) is 21.6 Å². The molecule has 4 rings (SSSR count). The summed E-state index contributed by atoms with van der Waals surface area (Å²) in [7, 11) is -4.90. The molecule has 0 saturated heterocycles. The van der Waals surface area contributed by atoms with Gasteiger partial charge in [-0.3, -0.25) is 9.35 Å². The molecule has 0 aromatic rings. The molecule has 1 atom stereocenters. The molecule has 0 radical (unpaired) electrons. The first-order valence-corrected chi connectivity index (χ1v) is 9.83. The molecule has 24 heavy (non-hydrogen) atoms. The van der Waals surface area contributed by atoms with E-state index in [9.17, 15) is 26.4 Å². The molecule has 4 aliphatic carbocycles. The Kier molecular flexibility index (Phi) is 4.61. The number of carbonyl (C=O) groups excluding carboxylic acids is 1. The van der Waals surface area contributed by atoms with Gasteiger partial charge in [0.2, 0.25) is 6.10 Å². The molecule has 5 nitrogen and oxygen atoms in total. The van der Waals surface area contributed by atoms with Gasteiger partial charge in [-0.25, -0.2) is 0 Å². The van der Waals surface area contributed by atoms with Gasteiger partial charge in [0.05, 0.1) is 0 Å². The summed E-state index contributed by atoms with van der Waals surface area (Å²) in [5.41, 5.74) is 0. The second kappa shape index (κ2) is 6.16. The monoisotopic (exact) mass is 370 g/mol. The minimum atomic E-state index is -5.03. The Morgan fingerprint density at radius 1 is 1.08 bits per heavy atom. The number of hydrogen-bond acceptors (Lipinski definition) is 4. The average Bonchev–Trinajstić information content (AvgIpc) is 2.38. The van der Waals surface area contributed by atoms with Crippen molar-refractivity contribution in [3.8, 4) is 0 Å². The lowest BCUT2D eigenvalue weighted by Crippen LogP contribution is -2.46. The Balaban J connectivity index is 1.62. The summed E-state index contributed by atoms with van der Waals surface area (Å²) in [5.74, 6) is -0.573. The van der Waals surface area contributed by atoms with E-state index in [-0.39, 0.29) is 12.3 Å². The second-order valence-corrected chi connectivity index (χ2v) is 9.06. The van der Waals surface area contributed by atoms with Crippen LogP contribution in [0.3, 0.4) is 0 Å². The summed E-state index contributed by atoms with van der Waals surface area (Å²) >= 11 is 0. The van der Waals surface area contributed by atoms with Crippen molar-refractivity contribution in [2.45, 2.75) is 50.8 Å². The molecule has 9 heteroatoms. The van der Waals surface area contributed by atoms with Crippen LogP contribution in [-0.2, 0) is 19.6 Å². The van der Waals surface area contributed by atoms with Crippen molar-refractivity contribution in [1.82, 2.24) is 0 Å². The zero-order chi connectivity index (χ0) is 17.7. The molecule has 4 aliphatic rings. The van der Waals surface area contributed by atoms with Crippen LogP contribution in [0.15, 0.2) is 0 Å². The van der Waals surface area contributed by atoms with E-state index in [4.69, 9.17) is 4.55 Å². The Morgan fingerprint density at radius 2 is 1.58 bits per heavy atom. The number of carbonyl (C=O) groups is 1. The highest BCUT2D eigenvalue weighted by atomic mass is 32.2. The van der Waals surface area contributed by atoms with E-state index in [0.717, 1.165) is 25.7 Å². The SMILES string of the molecule is O=C(CC1C2CC3CC(C2)CC1C3)OC(CS(=O)(=O)O)C(F)(F)F. The highest BCUT2D eigenvalue weighted by Gasteiger charge is 2.50. The molecule has 4 bridgehead atoms. The molecule has 0 aliphatic heterocycles. The summed E-state index contributed by atoms with van der Waals surface area (Å²) in [4.78, 5) is 12.0. The molecule has 4 fully saturated rings. The zero-order valence-electron chi connectivity index (χ0n) is 13.0. The summed E-state index contributed by atoms with van der Waals surface area (Å²) in [6.45, 7) is 0. The maximum atomic E-state index is 12.8. The summed E-state index contributed by atoms with van der Waals surface area (Å²) in [6.07, 6.45) is -2.62. The van der Waals surface area contributed by atoms with Gasteiger partial charge in [-0.1, -0.05) is 0 Å². The van der Waals surface area contributed by atoms with Gasteiger partial charge in [0.1, 0.15) is 5.75 Å². The third-order valence-corrected chi connectivity index (χ3v) is 6.55. The smallest absolute Gasteiger partial charge is 0.426 e. The number of ether oxygens (including phenoxy) is 1. The van der Waals surface area contributed by atoms with Crippen LogP contribution in [0.4, 0.5) is 13.2 Å². The first-order chi connectivity index (χ1) is 11.0. The number of rotatable bonds is 5. The van der Waals surface area contributed by atoms with Crippen LogP contribution in [-0.4, -0.2) is 37.0 Å². The molecular formula is C15H21F3O5S. The maximum Gasteiger partial charge on any atom is 0.426 e. The Hall–Kier alpha value is -0.830. The molecule has 0 spiro atoms. The fourth-order valence-corrected chi connectivity index (χ4v) is 5.80. The first kappa shape index (κ1) is 18.0. The van der Waals surface area contributed by atoms with Gasteiger partial charge in [0.15, 0.2) is 0 Å². The number of alkyl halides is 3. The second-order valence-electron chi connectivity index (χ2n) is 7.57. The van der Waals surface area contributed by atoms with Gasteiger partial charge >= 0.3 is 12.1 Å². The number of esters is 1. The van der Waals surface area contributed by atoms with Crippen LogP contribution in [0.2, 0.25) is 0 Å². The third-order valence-electron chi connectivity index (χ3n) is 5.83. The fraction of sp³-hybridized carbons (Fsp3) is 0.933. The molecule has 0 aromatic carbocycles. The normalized spacial score (nSPS) is 36.6. The van der Waals surface area contributed by atoms with E-state index in [0.29, 0.717) is 23.7 Å². The van der Waals surface area contributed by atoms with Crippen molar-refractivity contribution in [2.75, 3.05) is 5.75 Å². The highest BCUT2D eigenvalue weighted by molar-refractivity contribution is 7.85. The van der Waals surface area contributed by atoms with Gasteiger partial charge < -0.3 is 4.74 Å². The van der Waals surface area contributed by atoms with Gasteiger partial charge in [-0.15, -0.1) is 0 Å². The molecule has 0 aromatic heterocycles. The molecule has 4 saturated carbocycles. The Bertz CT molecular complexity index is 573. The lowest BCUT2D eigenvalue weighted by molar-refractivity contribution is -0.216. The largest absolute Gasteiger partial charge is 0.451 e. The van der Waals surface area contributed by atoms with Crippen molar-refractivity contribution in [2.24, 2.45) is 29.6 Å². The summed E-state index contributed by atoms with van der Waals surface area (Å²) < 4.78 is 72.9. The van der Waals surface area contributed by atoms with Crippen molar-refractivity contribution in [1.29, 1.82) is 0 Å². The zero-order valence-corrected chi connectivity index (χ0v) is 13.9. The van der Waals surface area contributed by atoms with E-state index in [1.807, 2.05) is 0 Å². The van der Waals surface area contributed by atoms with E-state index >= 15 is 0 Å². The predicted octanol–water partition coefficient (Wildman–Crippen LogP) is 2.81. The van der Waals surface area contributed by atoms with Gasteiger partial charge in [0.25, 0.3) is 10.1 Å². The van der Waals surface area contributed by atoms with Gasteiger partial charge in [-0.05, 0) is 61.7 Å². The molecule has 1 N–H and O–H groups in total. The minimum absolute atomic E-state index is 0.0323. The van der Waals surface area contributed by atoms with Crippen molar-refractivity contribution in [3.05, 3.63) is 0 Å². The molecule has 0 heterocycles. The maximum absolute atomic E-state index is 12.8. The highest BCUT2D eigenvalue weighted by Crippen LogP contribution is 2.57. The van der Waals surface area contributed by atoms with Crippen LogP contribution < -0.4 is 0 Å². The summed E-state index contributed by atoms with van der Waals surface area (Å²) in [6, 6.07) is 0. The quantitative estimate of drug-likeness (QED) is 0.595. The predicted molar refractivity (Wildman–Crippen MR) is 77.5 cm³/mol.